The first-order valence-corrected chi connectivity index (χ1v) is 9.28. The summed E-state index contributed by atoms with van der Waals surface area (Å²) < 4.78 is 0. The Morgan fingerprint density at radius 2 is 1.96 bits per heavy atom. The number of piperidine rings is 1. The number of nitrogens with zero attached hydrogens (tertiary/aromatic N) is 1. The standard InChI is InChI=1S/C19H27ClN2O/c1-14(15-8-10-21-11-9-15)13-19(23)22-12-2-3-18(22)16-4-6-17(20)7-5-16/h4-7,14-15,18,21H,2-3,8-13H2,1H3. The van der Waals surface area contributed by atoms with Gasteiger partial charge in [0.2, 0.25) is 5.91 Å². The van der Waals surface area contributed by atoms with Crippen LogP contribution in [0, 0.1) is 11.8 Å². The number of carbonyl (C=O) groups excluding carboxylic acids is 1. The molecule has 0 aromatic heterocycles. The Kier molecular flexibility index (Phi) is 5.60. The summed E-state index contributed by atoms with van der Waals surface area (Å²) in [5.41, 5.74) is 1.22. The molecule has 1 aromatic carbocycles. The molecule has 2 unspecified atom stereocenters. The zero-order valence-corrected chi connectivity index (χ0v) is 14.7. The van der Waals surface area contributed by atoms with Crippen LogP contribution in [0.3, 0.4) is 0 Å². The molecule has 0 radical (unpaired) electrons. The van der Waals surface area contributed by atoms with Crippen molar-refractivity contribution in [3.8, 4) is 0 Å². The number of hydrogen-bond acceptors (Lipinski definition) is 2. The van der Waals surface area contributed by atoms with Crippen LogP contribution in [0.1, 0.15) is 50.6 Å². The third-order valence-corrected chi connectivity index (χ3v) is 5.77. The van der Waals surface area contributed by atoms with E-state index in [0.717, 1.165) is 37.5 Å². The summed E-state index contributed by atoms with van der Waals surface area (Å²) in [6, 6.07) is 8.22. The van der Waals surface area contributed by atoms with Crippen LogP contribution in [0.5, 0.6) is 0 Å². The molecule has 2 saturated heterocycles. The fraction of sp³-hybridized carbons (Fsp3) is 0.632. The van der Waals surface area contributed by atoms with E-state index in [1.165, 1.54) is 18.4 Å². The van der Waals surface area contributed by atoms with E-state index < -0.39 is 0 Å². The second kappa shape index (κ2) is 7.67. The highest BCUT2D eigenvalue weighted by atomic mass is 35.5. The molecule has 0 spiro atoms. The fourth-order valence-electron chi connectivity index (χ4n) is 4.07. The smallest absolute Gasteiger partial charge is 0.223 e. The molecule has 126 valence electrons. The maximum atomic E-state index is 12.8. The van der Waals surface area contributed by atoms with E-state index in [1.807, 2.05) is 12.1 Å². The van der Waals surface area contributed by atoms with E-state index in [4.69, 9.17) is 11.6 Å². The number of hydrogen-bond donors (Lipinski definition) is 1. The molecule has 1 N–H and O–H groups in total. The van der Waals surface area contributed by atoms with Gasteiger partial charge >= 0.3 is 0 Å². The maximum absolute atomic E-state index is 12.8. The molecule has 23 heavy (non-hydrogen) atoms. The monoisotopic (exact) mass is 334 g/mol. The van der Waals surface area contributed by atoms with Crippen LogP contribution in [-0.2, 0) is 4.79 Å². The van der Waals surface area contributed by atoms with Crippen molar-refractivity contribution in [3.05, 3.63) is 34.9 Å². The molecule has 3 nitrogen and oxygen atoms in total. The van der Waals surface area contributed by atoms with Gasteiger partial charge in [-0.25, -0.2) is 0 Å². The van der Waals surface area contributed by atoms with Gasteiger partial charge in [-0.2, -0.15) is 0 Å². The Balaban J connectivity index is 1.62. The van der Waals surface area contributed by atoms with Crippen molar-refractivity contribution in [3.63, 3.8) is 0 Å². The molecule has 0 aliphatic carbocycles. The minimum Gasteiger partial charge on any atom is -0.336 e. The quantitative estimate of drug-likeness (QED) is 0.901. The van der Waals surface area contributed by atoms with Crippen LogP contribution in [0.15, 0.2) is 24.3 Å². The third-order valence-electron chi connectivity index (χ3n) is 5.51. The van der Waals surface area contributed by atoms with Crippen molar-refractivity contribution in [1.29, 1.82) is 0 Å². The van der Waals surface area contributed by atoms with Gasteiger partial charge in [-0.3, -0.25) is 4.79 Å². The first-order chi connectivity index (χ1) is 11.1. The predicted octanol–water partition coefficient (Wildman–Crippen LogP) is 4.03. The van der Waals surface area contributed by atoms with Gasteiger partial charge in [-0.15, -0.1) is 0 Å². The second-order valence-electron chi connectivity index (χ2n) is 7.07. The summed E-state index contributed by atoms with van der Waals surface area (Å²) >= 11 is 5.99. The van der Waals surface area contributed by atoms with E-state index in [0.29, 0.717) is 24.2 Å². The highest BCUT2D eigenvalue weighted by molar-refractivity contribution is 6.30. The molecular formula is C19H27ClN2O. The Labute approximate surface area is 144 Å². The van der Waals surface area contributed by atoms with Crippen molar-refractivity contribution in [2.45, 2.75) is 45.1 Å². The molecule has 2 aliphatic rings. The number of carbonyl (C=O) groups is 1. The Morgan fingerprint density at radius 3 is 2.65 bits per heavy atom. The largest absolute Gasteiger partial charge is 0.336 e. The summed E-state index contributed by atoms with van der Waals surface area (Å²) in [5.74, 6) is 1.50. The first kappa shape index (κ1) is 16.8. The van der Waals surface area contributed by atoms with Gasteiger partial charge in [-0.1, -0.05) is 30.7 Å². The van der Waals surface area contributed by atoms with Crippen molar-refractivity contribution in [1.82, 2.24) is 10.2 Å². The van der Waals surface area contributed by atoms with E-state index in [9.17, 15) is 4.79 Å². The summed E-state index contributed by atoms with van der Waals surface area (Å²) in [6.45, 7) is 5.34. The summed E-state index contributed by atoms with van der Waals surface area (Å²) in [4.78, 5) is 14.9. The number of halogens is 1. The highest BCUT2D eigenvalue weighted by Crippen LogP contribution is 2.34. The maximum Gasteiger partial charge on any atom is 0.223 e. The Morgan fingerprint density at radius 1 is 1.26 bits per heavy atom. The number of rotatable bonds is 4. The zero-order chi connectivity index (χ0) is 16.2. The Bertz CT molecular complexity index is 525. The summed E-state index contributed by atoms with van der Waals surface area (Å²) in [5, 5.41) is 4.16. The first-order valence-electron chi connectivity index (χ1n) is 8.91. The molecule has 2 aliphatic heterocycles. The molecular weight excluding hydrogens is 308 g/mol. The lowest BCUT2D eigenvalue weighted by molar-refractivity contribution is -0.133. The van der Waals surface area contributed by atoms with Gasteiger partial charge in [-0.05, 0) is 68.3 Å². The highest BCUT2D eigenvalue weighted by Gasteiger charge is 2.31. The molecule has 2 heterocycles. The average molecular weight is 335 g/mol. The molecule has 3 rings (SSSR count). The van der Waals surface area contributed by atoms with Gasteiger partial charge in [0.25, 0.3) is 0 Å². The number of amides is 1. The third kappa shape index (κ3) is 4.07. The van der Waals surface area contributed by atoms with E-state index >= 15 is 0 Å². The molecule has 1 amide bonds. The lowest BCUT2D eigenvalue weighted by atomic mass is 9.84. The van der Waals surface area contributed by atoms with Crippen LogP contribution < -0.4 is 5.32 Å². The second-order valence-corrected chi connectivity index (χ2v) is 7.50. The lowest BCUT2D eigenvalue weighted by Crippen LogP contribution is -2.35. The minimum absolute atomic E-state index is 0.236. The van der Waals surface area contributed by atoms with E-state index in [1.54, 1.807) is 0 Å². The molecule has 2 atom stereocenters. The van der Waals surface area contributed by atoms with Crippen LogP contribution in [0.2, 0.25) is 5.02 Å². The van der Waals surface area contributed by atoms with Gasteiger partial charge < -0.3 is 10.2 Å². The van der Waals surface area contributed by atoms with Crippen LogP contribution >= 0.6 is 11.6 Å². The molecule has 1 aromatic rings. The van der Waals surface area contributed by atoms with Crippen LogP contribution in [0.4, 0.5) is 0 Å². The SMILES string of the molecule is CC(CC(=O)N1CCCC1c1ccc(Cl)cc1)C1CCNCC1. The number of nitrogens with one attached hydrogen (secondary N) is 1. The molecule has 0 saturated carbocycles. The topological polar surface area (TPSA) is 32.3 Å². The van der Waals surface area contributed by atoms with Crippen LogP contribution in [-0.4, -0.2) is 30.4 Å². The van der Waals surface area contributed by atoms with Gasteiger partial charge in [0.1, 0.15) is 0 Å². The number of benzene rings is 1. The molecule has 2 fully saturated rings. The lowest BCUT2D eigenvalue weighted by Gasteiger charge is -2.31. The van der Waals surface area contributed by atoms with Gasteiger partial charge in [0, 0.05) is 18.0 Å². The van der Waals surface area contributed by atoms with Crippen molar-refractivity contribution < 1.29 is 4.79 Å². The van der Waals surface area contributed by atoms with Crippen molar-refractivity contribution in [2.24, 2.45) is 11.8 Å². The van der Waals surface area contributed by atoms with E-state index in [2.05, 4.69) is 29.3 Å². The molecule has 4 heteroatoms. The minimum atomic E-state index is 0.236. The predicted molar refractivity (Wildman–Crippen MR) is 94.5 cm³/mol. The zero-order valence-electron chi connectivity index (χ0n) is 13.9. The van der Waals surface area contributed by atoms with Gasteiger partial charge in [0.05, 0.1) is 6.04 Å². The van der Waals surface area contributed by atoms with E-state index in [-0.39, 0.29) is 6.04 Å². The van der Waals surface area contributed by atoms with Gasteiger partial charge in [0.15, 0.2) is 0 Å². The fourth-order valence-corrected chi connectivity index (χ4v) is 4.20. The summed E-state index contributed by atoms with van der Waals surface area (Å²) in [6.07, 6.45) is 5.26. The van der Waals surface area contributed by atoms with Crippen molar-refractivity contribution >= 4 is 17.5 Å². The molecule has 0 bridgehead atoms. The summed E-state index contributed by atoms with van der Waals surface area (Å²) in [7, 11) is 0. The van der Waals surface area contributed by atoms with Crippen LogP contribution in [0.25, 0.3) is 0 Å². The number of likely N-dealkylation sites (tertiary alicyclic amines) is 1. The van der Waals surface area contributed by atoms with Crippen molar-refractivity contribution in [2.75, 3.05) is 19.6 Å². The Hall–Kier alpha value is -1.06. The average Bonchev–Trinajstić information content (AvgIpc) is 3.06. The normalized spacial score (nSPS) is 23.9.